The van der Waals surface area contributed by atoms with E-state index in [2.05, 4.69) is 57.3 Å². The lowest BCUT2D eigenvalue weighted by Gasteiger charge is -2.07. The van der Waals surface area contributed by atoms with Crippen molar-refractivity contribution in [2.24, 2.45) is 0 Å². The van der Waals surface area contributed by atoms with E-state index in [4.69, 9.17) is 0 Å². The van der Waals surface area contributed by atoms with Gasteiger partial charge in [-0.15, -0.1) is 0 Å². The summed E-state index contributed by atoms with van der Waals surface area (Å²) in [6.07, 6.45) is 4.04. The Kier molecular flexibility index (Phi) is 2.66. The van der Waals surface area contributed by atoms with E-state index in [0.29, 0.717) is 0 Å². The summed E-state index contributed by atoms with van der Waals surface area (Å²) >= 11 is 0. The molecule has 0 heterocycles. The smallest absolute Gasteiger partial charge is 0.00364 e. The van der Waals surface area contributed by atoms with E-state index in [-0.39, 0.29) is 0 Å². The van der Waals surface area contributed by atoms with Crippen molar-refractivity contribution in [3.05, 3.63) is 52.4 Å². The van der Waals surface area contributed by atoms with Crippen LogP contribution in [0.2, 0.25) is 0 Å². The van der Waals surface area contributed by atoms with Crippen LogP contribution >= 0.6 is 0 Å². The molecule has 0 amide bonds. The molecule has 16 heavy (non-hydrogen) atoms. The van der Waals surface area contributed by atoms with Gasteiger partial charge in [0.15, 0.2) is 0 Å². The summed E-state index contributed by atoms with van der Waals surface area (Å²) in [5, 5.41) is 4.86. The molecule has 0 radical (unpaired) electrons. The summed E-state index contributed by atoms with van der Waals surface area (Å²) in [5.41, 5.74) is 2.45. The second-order valence-corrected chi connectivity index (χ2v) is 4.03. The van der Waals surface area contributed by atoms with Gasteiger partial charge in [0.25, 0.3) is 0 Å². The number of rotatable bonds is 1. The Morgan fingerprint density at radius 2 is 1.81 bits per heavy atom. The monoisotopic (exact) mass is 208 g/mol. The molecule has 2 aromatic carbocycles. The minimum atomic E-state index is 1.07. The molecule has 2 aromatic rings. The van der Waals surface area contributed by atoms with Gasteiger partial charge in [-0.05, 0) is 46.2 Å². The lowest BCUT2D eigenvalue weighted by molar-refractivity contribution is 1.49. The zero-order valence-electron chi connectivity index (χ0n) is 9.88. The highest BCUT2D eigenvalue weighted by atomic mass is 14.1. The van der Waals surface area contributed by atoms with E-state index in [9.17, 15) is 0 Å². The topological polar surface area (TPSA) is 0 Å². The van der Waals surface area contributed by atoms with Crippen LogP contribution in [0.1, 0.15) is 18.1 Å². The third kappa shape index (κ3) is 1.47. The van der Waals surface area contributed by atoms with Crippen LogP contribution in [-0.2, 0) is 0 Å². The van der Waals surface area contributed by atoms with E-state index in [1.54, 1.807) is 0 Å². The highest BCUT2D eigenvalue weighted by molar-refractivity contribution is 5.93. The van der Waals surface area contributed by atoms with Crippen molar-refractivity contribution in [3.63, 3.8) is 0 Å². The SMILES string of the molecule is C=Cc1ccc(C)c2/c(=C\C)ccc(=C)c12. The van der Waals surface area contributed by atoms with Crippen molar-refractivity contribution in [2.75, 3.05) is 0 Å². The van der Waals surface area contributed by atoms with Crippen LogP contribution < -0.4 is 10.4 Å². The third-order valence-electron chi connectivity index (χ3n) is 3.05. The molecule has 0 saturated heterocycles. The van der Waals surface area contributed by atoms with Gasteiger partial charge in [0.05, 0.1) is 0 Å². The van der Waals surface area contributed by atoms with Gasteiger partial charge in [-0.2, -0.15) is 0 Å². The molecule has 0 bridgehead atoms. The van der Waals surface area contributed by atoms with Gasteiger partial charge in [0.2, 0.25) is 0 Å². The first kappa shape index (κ1) is 10.7. The number of hydrogen-bond acceptors (Lipinski definition) is 0. The summed E-state index contributed by atoms with van der Waals surface area (Å²) in [7, 11) is 0. The molecule has 2 rings (SSSR count). The normalized spacial score (nSPS) is 12.0. The Morgan fingerprint density at radius 1 is 1.06 bits per heavy atom. The zero-order valence-corrected chi connectivity index (χ0v) is 9.88. The molecular weight excluding hydrogens is 192 g/mol. The maximum atomic E-state index is 4.11. The number of fused-ring (bicyclic) bond motifs is 1. The molecule has 0 aromatic heterocycles. The fraction of sp³-hybridized carbons (Fsp3) is 0.125. The summed E-state index contributed by atoms with van der Waals surface area (Å²) in [4.78, 5) is 0. The molecule has 0 aliphatic rings. The third-order valence-corrected chi connectivity index (χ3v) is 3.05. The highest BCUT2D eigenvalue weighted by Crippen LogP contribution is 2.17. The molecule has 0 aliphatic heterocycles. The fourth-order valence-electron chi connectivity index (χ4n) is 2.21. The van der Waals surface area contributed by atoms with Crippen LogP contribution in [0.15, 0.2) is 30.8 Å². The first-order valence-electron chi connectivity index (χ1n) is 5.49. The summed E-state index contributed by atoms with van der Waals surface area (Å²) in [6.45, 7) is 12.2. The second-order valence-electron chi connectivity index (χ2n) is 4.03. The van der Waals surface area contributed by atoms with Gasteiger partial charge in [0.1, 0.15) is 0 Å². The van der Waals surface area contributed by atoms with E-state index >= 15 is 0 Å². The first-order chi connectivity index (χ1) is 7.69. The summed E-state index contributed by atoms with van der Waals surface area (Å²) in [5.74, 6) is 0. The molecular formula is C16H16. The molecule has 0 saturated carbocycles. The number of hydrogen-bond donors (Lipinski definition) is 0. The molecule has 0 spiro atoms. The fourth-order valence-corrected chi connectivity index (χ4v) is 2.21. The first-order valence-corrected chi connectivity index (χ1v) is 5.49. The molecule has 0 heteroatoms. The highest BCUT2D eigenvalue weighted by Gasteiger charge is 2.03. The minimum Gasteiger partial charge on any atom is -0.0984 e. The van der Waals surface area contributed by atoms with Crippen LogP contribution in [0.5, 0.6) is 0 Å². The Hall–Kier alpha value is -1.82. The summed E-state index contributed by atoms with van der Waals surface area (Å²) in [6, 6.07) is 8.46. The van der Waals surface area contributed by atoms with Crippen molar-refractivity contribution in [2.45, 2.75) is 13.8 Å². The standard InChI is InChI=1S/C16H16/c1-5-13-9-7-12(4)16-14(6-2)10-8-11(3)15(13)16/h5-10H,1,3H2,2,4H3/b14-6-. The van der Waals surface area contributed by atoms with Crippen molar-refractivity contribution < 1.29 is 0 Å². The quantitative estimate of drug-likeness (QED) is 0.676. The van der Waals surface area contributed by atoms with Crippen LogP contribution in [0.4, 0.5) is 0 Å². The van der Waals surface area contributed by atoms with Crippen molar-refractivity contribution >= 4 is 29.5 Å². The van der Waals surface area contributed by atoms with Gasteiger partial charge < -0.3 is 0 Å². The average Bonchev–Trinajstić information content (AvgIpc) is 2.31. The molecule has 0 aliphatic carbocycles. The van der Waals surface area contributed by atoms with E-state index < -0.39 is 0 Å². The van der Waals surface area contributed by atoms with E-state index in [1.807, 2.05) is 6.08 Å². The molecule has 0 nitrogen and oxygen atoms in total. The Bertz CT molecular complexity index is 660. The predicted octanol–water partition coefficient (Wildman–Crippen LogP) is 3.00. The lowest BCUT2D eigenvalue weighted by Crippen LogP contribution is -2.12. The van der Waals surface area contributed by atoms with Crippen LogP contribution in [-0.4, -0.2) is 0 Å². The molecule has 0 fully saturated rings. The Balaban J connectivity index is 3.20. The van der Waals surface area contributed by atoms with Gasteiger partial charge >= 0.3 is 0 Å². The second kappa shape index (κ2) is 3.97. The van der Waals surface area contributed by atoms with Crippen molar-refractivity contribution in [1.29, 1.82) is 0 Å². The Morgan fingerprint density at radius 3 is 2.44 bits per heavy atom. The lowest BCUT2D eigenvalue weighted by atomic mass is 9.97. The maximum Gasteiger partial charge on any atom is -0.00364 e. The van der Waals surface area contributed by atoms with Crippen LogP contribution in [0, 0.1) is 6.92 Å². The van der Waals surface area contributed by atoms with Crippen molar-refractivity contribution in [3.8, 4) is 0 Å². The van der Waals surface area contributed by atoms with Crippen LogP contribution in [0.3, 0.4) is 0 Å². The maximum absolute atomic E-state index is 4.11. The van der Waals surface area contributed by atoms with Gasteiger partial charge in [0, 0.05) is 0 Å². The van der Waals surface area contributed by atoms with E-state index in [1.165, 1.54) is 21.6 Å². The van der Waals surface area contributed by atoms with E-state index in [0.717, 1.165) is 10.8 Å². The van der Waals surface area contributed by atoms with Gasteiger partial charge in [-0.1, -0.05) is 49.6 Å². The largest absolute Gasteiger partial charge is 0.0984 e. The molecule has 0 atom stereocenters. The molecule has 0 N–H and O–H groups in total. The Labute approximate surface area is 96.2 Å². The molecule has 80 valence electrons. The van der Waals surface area contributed by atoms with Crippen LogP contribution in [0.25, 0.3) is 29.5 Å². The van der Waals surface area contributed by atoms with Crippen molar-refractivity contribution in [1.82, 2.24) is 0 Å². The zero-order chi connectivity index (χ0) is 11.7. The minimum absolute atomic E-state index is 1.07. The molecule has 0 unspecified atom stereocenters. The summed E-state index contributed by atoms with van der Waals surface area (Å²) < 4.78 is 0. The predicted molar refractivity (Wildman–Crippen MR) is 73.7 cm³/mol. The number of benzene rings is 2. The number of aryl methyl sites for hydroxylation is 1. The van der Waals surface area contributed by atoms with Gasteiger partial charge in [-0.25, -0.2) is 0 Å². The van der Waals surface area contributed by atoms with Gasteiger partial charge in [-0.3, -0.25) is 0 Å². The average molecular weight is 208 g/mol.